The zero-order chi connectivity index (χ0) is 13.8. The van der Waals surface area contributed by atoms with E-state index in [1.807, 2.05) is 24.3 Å². The van der Waals surface area contributed by atoms with Gasteiger partial charge in [0.2, 0.25) is 0 Å². The van der Waals surface area contributed by atoms with Gasteiger partial charge in [0.05, 0.1) is 6.07 Å². The van der Waals surface area contributed by atoms with Crippen LogP contribution in [0.2, 0.25) is 10.0 Å². The minimum atomic E-state index is -0.595. The Labute approximate surface area is 130 Å². The Hall–Kier alpha value is -1.21. The van der Waals surface area contributed by atoms with Crippen molar-refractivity contribution in [3.8, 4) is 6.07 Å². The minimum Gasteiger partial charge on any atom is -0.366 e. The lowest BCUT2D eigenvalue weighted by Crippen LogP contribution is -2.09. The maximum atomic E-state index is 9.31. The molecule has 0 radical (unpaired) electrons. The fraction of sp³-hybridized carbons (Fsp3) is 0.0714. The van der Waals surface area contributed by atoms with Gasteiger partial charge < -0.3 is 5.32 Å². The van der Waals surface area contributed by atoms with Gasteiger partial charge in [0.25, 0.3) is 0 Å². The number of hydrogen-bond donors (Lipinski definition) is 1. The van der Waals surface area contributed by atoms with Gasteiger partial charge in [-0.1, -0.05) is 45.2 Å². The number of nitrogens with zero attached hydrogens (tertiary/aromatic N) is 1. The van der Waals surface area contributed by atoms with Crippen LogP contribution in [0.15, 0.2) is 46.9 Å². The third kappa shape index (κ3) is 3.42. The van der Waals surface area contributed by atoms with E-state index in [1.54, 1.807) is 18.2 Å². The molecule has 0 aliphatic heterocycles. The molecular formula is C14H9BrCl2N2. The Morgan fingerprint density at radius 2 is 1.63 bits per heavy atom. The predicted molar refractivity (Wildman–Crippen MR) is 82.6 cm³/mol. The summed E-state index contributed by atoms with van der Waals surface area (Å²) in [4.78, 5) is 0. The van der Waals surface area contributed by atoms with Crippen LogP contribution in [0.25, 0.3) is 0 Å². The topological polar surface area (TPSA) is 35.8 Å². The van der Waals surface area contributed by atoms with Crippen molar-refractivity contribution in [2.24, 2.45) is 0 Å². The first-order valence-corrected chi connectivity index (χ1v) is 7.02. The zero-order valence-electron chi connectivity index (χ0n) is 9.70. The molecule has 0 amide bonds. The van der Waals surface area contributed by atoms with Crippen molar-refractivity contribution < 1.29 is 0 Å². The van der Waals surface area contributed by atoms with Crippen LogP contribution in [0.1, 0.15) is 11.6 Å². The summed E-state index contributed by atoms with van der Waals surface area (Å²) in [6.45, 7) is 0. The van der Waals surface area contributed by atoms with Gasteiger partial charge in [0.15, 0.2) is 0 Å². The SMILES string of the molecule is N#CC(Nc1ccc(Br)cc1)c1c(Cl)cccc1Cl. The van der Waals surface area contributed by atoms with Crippen LogP contribution in [-0.2, 0) is 0 Å². The van der Waals surface area contributed by atoms with Crippen LogP contribution < -0.4 is 5.32 Å². The quantitative estimate of drug-likeness (QED) is 0.796. The highest BCUT2D eigenvalue weighted by Gasteiger charge is 2.17. The first-order chi connectivity index (χ1) is 9.11. The summed E-state index contributed by atoms with van der Waals surface area (Å²) >= 11 is 15.6. The number of nitrogens with one attached hydrogen (secondary N) is 1. The minimum absolute atomic E-state index is 0.476. The molecule has 0 saturated carbocycles. The number of benzene rings is 2. The lowest BCUT2D eigenvalue weighted by molar-refractivity contribution is 0.998. The Kier molecular flexibility index (Phi) is 4.71. The van der Waals surface area contributed by atoms with Gasteiger partial charge in [0.1, 0.15) is 6.04 Å². The first kappa shape index (κ1) is 14.2. The van der Waals surface area contributed by atoms with Crippen molar-refractivity contribution in [3.63, 3.8) is 0 Å². The van der Waals surface area contributed by atoms with Gasteiger partial charge >= 0.3 is 0 Å². The summed E-state index contributed by atoms with van der Waals surface area (Å²) in [5, 5.41) is 13.4. The highest BCUT2D eigenvalue weighted by molar-refractivity contribution is 9.10. The van der Waals surface area contributed by atoms with E-state index >= 15 is 0 Å². The van der Waals surface area contributed by atoms with Crippen molar-refractivity contribution in [1.82, 2.24) is 0 Å². The highest BCUT2D eigenvalue weighted by Crippen LogP contribution is 2.32. The van der Waals surface area contributed by atoms with E-state index in [9.17, 15) is 5.26 Å². The van der Waals surface area contributed by atoms with Crippen LogP contribution in [0.3, 0.4) is 0 Å². The molecule has 19 heavy (non-hydrogen) atoms. The van der Waals surface area contributed by atoms with E-state index in [4.69, 9.17) is 23.2 Å². The summed E-state index contributed by atoms with van der Waals surface area (Å²) in [5.41, 5.74) is 1.42. The molecule has 2 rings (SSSR count). The monoisotopic (exact) mass is 354 g/mol. The van der Waals surface area contributed by atoms with E-state index in [0.717, 1.165) is 10.2 Å². The lowest BCUT2D eigenvalue weighted by atomic mass is 10.1. The summed E-state index contributed by atoms with van der Waals surface area (Å²) in [7, 11) is 0. The summed E-state index contributed by atoms with van der Waals surface area (Å²) < 4.78 is 0.974. The Balaban J connectivity index is 2.31. The largest absolute Gasteiger partial charge is 0.366 e. The molecule has 0 fully saturated rings. The standard InChI is InChI=1S/C14H9BrCl2N2/c15-9-4-6-10(7-5-9)19-13(8-18)14-11(16)2-1-3-12(14)17/h1-7,13,19H. The summed E-state index contributed by atoms with van der Waals surface area (Å²) in [6, 6.07) is 14.3. The molecule has 0 heterocycles. The summed E-state index contributed by atoms with van der Waals surface area (Å²) in [5.74, 6) is 0. The normalized spacial score (nSPS) is 11.7. The average molecular weight is 356 g/mol. The van der Waals surface area contributed by atoms with Crippen LogP contribution in [0, 0.1) is 11.3 Å². The van der Waals surface area contributed by atoms with E-state index in [0.29, 0.717) is 15.6 Å². The molecule has 0 aliphatic rings. The molecule has 0 aliphatic carbocycles. The van der Waals surface area contributed by atoms with Crippen molar-refractivity contribution in [1.29, 1.82) is 5.26 Å². The lowest BCUT2D eigenvalue weighted by Gasteiger charge is -2.16. The molecule has 0 aromatic heterocycles. The fourth-order valence-corrected chi connectivity index (χ4v) is 2.55. The molecule has 2 aromatic rings. The second-order valence-corrected chi connectivity index (χ2v) is 5.58. The predicted octanol–water partition coefficient (Wildman–Crippen LogP) is 5.43. The molecule has 0 saturated heterocycles. The van der Waals surface area contributed by atoms with Crippen molar-refractivity contribution in [3.05, 3.63) is 62.5 Å². The molecule has 5 heteroatoms. The Morgan fingerprint density at radius 3 is 2.16 bits per heavy atom. The van der Waals surface area contributed by atoms with Gasteiger partial charge in [-0.3, -0.25) is 0 Å². The second kappa shape index (κ2) is 6.29. The van der Waals surface area contributed by atoms with E-state index in [-0.39, 0.29) is 0 Å². The third-order valence-electron chi connectivity index (χ3n) is 2.57. The molecule has 0 spiro atoms. The van der Waals surface area contributed by atoms with Crippen LogP contribution in [0.5, 0.6) is 0 Å². The number of nitriles is 1. The molecule has 2 nitrogen and oxygen atoms in total. The average Bonchev–Trinajstić information content (AvgIpc) is 2.39. The van der Waals surface area contributed by atoms with Crippen LogP contribution in [0.4, 0.5) is 5.69 Å². The highest BCUT2D eigenvalue weighted by atomic mass is 79.9. The molecule has 2 aromatic carbocycles. The molecule has 1 N–H and O–H groups in total. The molecule has 96 valence electrons. The van der Waals surface area contributed by atoms with E-state index in [2.05, 4.69) is 27.3 Å². The number of rotatable bonds is 3. The Bertz CT molecular complexity index is 600. The molecule has 0 bridgehead atoms. The van der Waals surface area contributed by atoms with E-state index < -0.39 is 6.04 Å². The van der Waals surface area contributed by atoms with Gasteiger partial charge in [-0.15, -0.1) is 0 Å². The Morgan fingerprint density at radius 1 is 1.05 bits per heavy atom. The van der Waals surface area contributed by atoms with Gasteiger partial charge in [0, 0.05) is 25.8 Å². The zero-order valence-corrected chi connectivity index (χ0v) is 12.8. The van der Waals surface area contributed by atoms with Gasteiger partial charge in [-0.2, -0.15) is 5.26 Å². The van der Waals surface area contributed by atoms with Crippen LogP contribution >= 0.6 is 39.1 Å². The van der Waals surface area contributed by atoms with Gasteiger partial charge in [-0.05, 0) is 36.4 Å². The number of halogens is 3. The van der Waals surface area contributed by atoms with Crippen molar-refractivity contribution in [2.75, 3.05) is 5.32 Å². The van der Waals surface area contributed by atoms with Crippen molar-refractivity contribution >= 4 is 44.8 Å². The fourth-order valence-electron chi connectivity index (χ4n) is 1.67. The molecule has 1 atom stereocenters. The van der Waals surface area contributed by atoms with Crippen LogP contribution in [-0.4, -0.2) is 0 Å². The number of anilines is 1. The smallest absolute Gasteiger partial charge is 0.143 e. The first-order valence-electron chi connectivity index (χ1n) is 5.47. The van der Waals surface area contributed by atoms with Crippen molar-refractivity contribution in [2.45, 2.75) is 6.04 Å². The third-order valence-corrected chi connectivity index (χ3v) is 3.76. The van der Waals surface area contributed by atoms with E-state index in [1.165, 1.54) is 0 Å². The molecular weight excluding hydrogens is 347 g/mol. The maximum Gasteiger partial charge on any atom is 0.143 e. The second-order valence-electron chi connectivity index (χ2n) is 3.85. The van der Waals surface area contributed by atoms with Gasteiger partial charge in [-0.25, -0.2) is 0 Å². The summed E-state index contributed by atoms with van der Waals surface area (Å²) in [6.07, 6.45) is 0. The molecule has 1 unspecified atom stereocenters. The maximum absolute atomic E-state index is 9.31. The number of hydrogen-bond acceptors (Lipinski definition) is 2.